The van der Waals surface area contributed by atoms with E-state index in [0.717, 1.165) is 46.6 Å². The van der Waals surface area contributed by atoms with Gasteiger partial charge in [-0.25, -0.2) is 0 Å². The normalized spacial score (nSPS) is 20.3. The van der Waals surface area contributed by atoms with Crippen molar-refractivity contribution in [1.29, 1.82) is 0 Å². The fraction of sp³-hybridized carbons (Fsp3) is 0.611. The fourth-order valence-corrected chi connectivity index (χ4v) is 8.65. The molecule has 0 bridgehead atoms. The van der Waals surface area contributed by atoms with E-state index >= 15 is 0 Å². The van der Waals surface area contributed by atoms with Crippen LogP contribution < -0.4 is 7.06 Å². The van der Waals surface area contributed by atoms with E-state index < -0.39 is 15.9 Å². The summed E-state index contributed by atoms with van der Waals surface area (Å²) in [5.41, 5.74) is 6.42. The van der Waals surface area contributed by atoms with Crippen molar-refractivity contribution in [2.24, 2.45) is 9.98 Å². The zero-order valence-electron chi connectivity index (χ0n) is 28.1. The molecule has 42 heavy (non-hydrogen) atoms. The molecule has 1 aliphatic carbocycles. The molecule has 2 aliphatic rings. The van der Waals surface area contributed by atoms with Gasteiger partial charge in [0.2, 0.25) is 0 Å². The van der Waals surface area contributed by atoms with Crippen molar-refractivity contribution in [3.05, 3.63) is 57.6 Å². The minimum atomic E-state index is -3.33. The van der Waals surface area contributed by atoms with Crippen molar-refractivity contribution >= 4 is 38.0 Å². The van der Waals surface area contributed by atoms with E-state index in [9.17, 15) is 0 Å². The topological polar surface area (TPSA) is 43.2 Å². The van der Waals surface area contributed by atoms with Gasteiger partial charge < -0.3 is 0 Å². The molecule has 1 aliphatic heterocycles. The fourth-order valence-electron chi connectivity index (χ4n) is 5.74. The van der Waals surface area contributed by atoms with Crippen LogP contribution in [0.15, 0.2) is 34.3 Å². The van der Waals surface area contributed by atoms with Gasteiger partial charge >= 0.3 is 267 Å². The van der Waals surface area contributed by atoms with Crippen LogP contribution in [-0.2, 0) is 21.7 Å². The molecule has 0 unspecified atom stereocenters. The molecule has 0 N–H and O–H groups in total. The summed E-state index contributed by atoms with van der Waals surface area (Å²) in [5, 5.41) is 0. The van der Waals surface area contributed by atoms with Gasteiger partial charge in [0.1, 0.15) is 0 Å². The monoisotopic (exact) mass is 648 g/mol. The first-order valence-electron chi connectivity index (χ1n) is 15.7. The molecule has 4 nitrogen and oxygen atoms in total. The zero-order valence-corrected chi connectivity index (χ0v) is 31.3. The Balaban J connectivity index is 1.99. The SMILES string of the molecule is CC(C)(C)c1cc2c(c(C(C)(C)C)c1)[O][Ga]([Cl])[O]c1c(cc(C(C)(C)C)cc1C(C)(C)C)C=N[C@@H]1CCCC[C@H]1N=C2. The molecule has 0 saturated heterocycles. The van der Waals surface area contributed by atoms with E-state index in [1.807, 2.05) is 12.4 Å². The van der Waals surface area contributed by atoms with Crippen molar-refractivity contribution in [3.8, 4) is 11.5 Å². The van der Waals surface area contributed by atoms with Crippen molar-refractivity contribution in [2.75, 3.05) is 0 Å². The molecule has 4 rings (SSSR count). The molecule has 6 heteroatoms. The van der Waals surface area contributed by atoms with Gasteiger partial charge in [-0.2, -0.15) is 0 Å². The molecule has 0 spiro atoms. The third-order valence-corrected chi connectivity index (χ3v) is 11.2. The van der Waals surface area contributed by atoms with Crippen LogP contribution in [0.2, 0.25) is 0 Å². The van der Waals surface area contributed by atoms with Gasteiger partial charge in [-0.15, -0.1) is 0 Å². The number of rotatable bonds is 0. The second kappa shape index (κ2) is 12.0. The van der Waals surface area contributed by atoms with Crippen LogP contribution in [0.5, 0.6) is 11.5 Å². The predicted molar refractivity (Wildman–Crippen MR) is 182 cm³/mol. The number of benzene rings is 2. The summed E-state index contributed by atoms with van der Waals surface area (Å²) < 4.78 is 13.6. The second-order valence-electron chi connectivity index (χ2n) is 16.4. The van der Waals surface area contributed by atoms with Gasteiger partial charge in [-0.3, -0.25) is 0 Å². The summed E-state index contributed by atoms with van der Waals surface area (Å²) in [6.07, 6.45) is 8.49. The second-order valence-corrected chi connectivity index (χ2v) is 20.4. The third-order valence-electron chi connectivity index (χ3n) is 8.51. The minimum absolute atomic E-state index is 0.0225. The van der Waals surface area contributed by atoms with E-state index in [1.54, 1.807) is 0 Å². The Morgan fingerprint density at radius 2 is 0.952 bits per heavy atom. The van der Waals surface area contributed by atoms with Crippen LogP contribution >= 0.6 is 9.64 Å². The first-order valence-corrected chi connectivity index (χ1v) is 20.8. The third kappa shape index (κ3) is 7.68. The van der Waals surface area contributed by atoms with Gasteiger partial charge in [0.25, 0.3) is 0 Å². The predicted octanol–water partition coefficient (Wildman–Crippen LogP) is 9.72. The van der Waals surface area contributed by atoms with E-state index in [0.29, 0.717) is 0 Å². The van der Waals surface area contributed by atoms with Crippen LogP contribution in [0.3, 0.4) is 0 Å². The maximum atomic E-state index is 7.19. The average Bonchev–Trinajstić information content (AvgIpc) is 2.85. The molecule has 1 fully saturated rings. The number of fused-ring (bicyclic) bond motifs is 3. The quantitative estimate of drug-likeness (QED) is 0.267. The average molecular weight is 650 g/mol. The summed E-state index contributed by atoms with van der Waals surface area (Å²) in [7, 11) is 7.19. The summed E-state index contributed by atoms with van der Waals surface area (Å²) in [6.45, 7) is 27.0. The van der Waals surface area contributed by atoms with Gasteiger partial charge in [0, 0.05) is 0 Å². The summed E-state index contributed by atoms with van der Waals surface area (Å²) >= 11 is -3.33. The number of halogens is 1. The Kier molecular flexibility index (Phi) is 9.49. The van der Waals surface area contributed by atoms with E-state index in [-0.39, 0.29) is 33.7 Å². The standard InChI is InChI=1S/C36H54N2O2.ClH.Ga/c1-33(2,3)25-17-23(31(39)27(19-25)35(7,8)9)21-37-29-15-13-14-16-30(29)38-22-24-18-26(34(4,5)6)20-28(32(24)40)36(10,11)12;;/h17-22,29-30,39-40H,13-16H2,1-12H3;1H;/q;;+3/p-3/t29-,30-;;/m1../s1. The zero-order chi connectivity index (χ0) is 31.3. The molecule has 1 heterocycles. The van der Waals surface area contributed by atoms with Crippen LogP contribution in [0, 0.1) is 0 Å². The molecular formula is C36H52ClGaN2O2. The molecular weight excluding hydrogens is 598 g/mol. The van der Waals surface area contributed by atoms with E-state index in [4.69, 9.17) is 26.7 Å². The van der Waals surface area contributed by atoms with Gasteiger partial charge in [-0.05, 0) is 0 Å². The molecule has 2 aromatic rings. The molecule has 0 aromatic heterocycles. The molecule has 2 aromatic carbocycles. The first kappa shape index (κ1) is 33.2. The summed E-state index contributed by atoms with van der Waals surface area (Å²) in [5.74, 6) is 1.63. The number of hydrogen-bond acceptors (Lipinski definition) is 4. The Morgan fingerprint density at radius 1 is 0.595 bits per heavy atom. The number of hydrogen-bond donors (Lipinski definition) is 0. The van der Waals surface area contributed by atoms with Crippen molar-refractivity contribution in [1.82, 2.24) is 0 Å². The summed E-state index contributed by atoms with van der Waals surface area (Å²) in [6, 6.07) is 9.34. The molecule has 228 valence electrons. The Labute approximate surface area is 265 Å². The van der Waals surface area contributed by atoms with Crippen LogP contribution in [-0.4, -0.2) is 40.5 Å². The van der Waals surface area contributed by atoms with Crippen LogP contribution in [0.1, 0.15) is 142 Å². The van der Waals surface area contributed by atoms with E-state index in [1.165, 1.54) is 24.0 Å². The van der Waals surface area contributed by atoms with Crippen molar-refractivity contribution < 1.29 is 7.06 Å². The molecule has 0 amide bonds. The molecule has 2 atom stereocenters. The van der Waals surface area contributed by atoms with Gasteiger partial charge in [-0.1, -0.05) is 0 Å². The summed E-state index contributed by atoms with van der Waals surface area (Å²) in [4.78, 5) is 10.4. The van der Waals surface area contributed by atoms with Crippen molar-refractivity contribution in [3.63, 3.8) is 0 Å². The van der Waals surface area contributed by atoms with E-state index in [2.05, 4.69) is 107 Å². The van der Waals surface area contributed by atoms with Gasteiger partial charge in [0.15, 0.2) is 0 Å². The Morgan fingerprint density at radius 3 is 1.26 bits per heavy atom. The Bertz CT molecular complexity index is 1250. The van der Waals surface area contributed by atoms with Crippen molar-refractivity contribution in [2.45, 2.75) is 143 Å². The van der Waals surface area contributed by atoms with Crippen LogP contribution in [0.4, 0.5) is 0 Å². The van der Waals surface area contributed by atoms with Gasteiger partial charge in [0.05, 0.1) is 0 Å². The number of aliphatic imine (C=N–C) groups is 2. The molecule has 0 radical (unpaired) electrons. The van der Waals surface area contributed by atoms with Crippen LogP contribution in [0.25, 0.3) is 0 Å². The maximum absolute atomic E-state index is 7.19. The molecule has 1 saturated carbocycles. The first-order chi connectivity index (χ1) is 19.2. The number of nitrogens with zero attached hydrogens (tertiary/aromatic N) is 2. The Hall–Kier alpha value is -1.69.